The van der Waals surface area contributed by atoms with Crippen LogP contribution in [0.4, 0.5) is 9.18 Å². The van der Waals surface area contributed by atoms with Crippen LogP contribution in [0.2, 0.25) is 0 Å². The molecule has 0 bridgehead atoms. The number of benzene rings is 2. The van der Waals surface area contributed by atoms with Gasteiger partial charge in [0.15, 0.2) is 6.29 Å². The Bertz CT molecular complexity index is 1150. The molecule has 2 atom stereocenters. The highest BCUT2D eigenvalue weighted by Crippen LogP contribution is 2.39. The van der Waals surface area contributed by atoms with Crippen molar-refractivity contribution in [1.29, 1.82) is 0 Å². The Hall–Kier alpha value is -3.36. The van der Waals surface area contributed by atoms with Gasteiger partial charge >= 0.3 is 6.03 Å². The Labute approximate surface area is 172 Å². The Morgan fingerprint density at radius 3 is 2.90 bits per heavy atom. The number of primary amides is 1. The van der Waals surface area contributed by atoms with Crippen molar-refractivity contribution >= 4 is 23.2 Å². The normalized spacial score (nSPS) is 20.5. The number of nitrogens with two attached hydrogens (primary N) is 1. The van der Waals surface area contributed by atoms with E-state index in [2.05, 4.69) is 10.3 Å². The summed E-state index contributed by atoms with van der Waals surface area (Å²) in [6.45, 7) is 1.71. The predicted octanol–water partition coefficient (Wildman–Crippen LogP) is 2.12. The second kappa shape index (κ2) is 7.16. The smallest absolute Gasteiger partial charge is 0.313 e. The van der Waals surface area contributed by atoms with E-state index in [1.807, 2.05) is 6.07 Å². The monoisotopic (exact) mass is 408 g/mol. The lowest BCUT2D eigenvalue weighted by molar-refractivity contribution is -0.123. The SMILES string of the molecule is CC1(O)c2cc(F)ccc2CN1CC(C=O)(NC(N)=O)c1ccc2cccnc2c1. The zero-order valence-corrected chi connectivity index (χ0v) is 16.3. The lowest BCUT2D eigenvalue weighted by atomic mass is 9.89. The van der Waals surface area contributed by atoms with Gasteiger partial charge in [-0.2, -0.15) is 0 Å². The number of amides is 2. The van der Waals surface area contributed by atoms with Crippen LogP contribution in [0.25, 0.3) is 10.9 Å². The summed E-state index contributed by atoms with van der Waals surface area (Å²) in [5, 5.41) is 14.5. The molecule has 2 unspecified atom stereocenters. The highest BCUT2D eigenvalue weighted by atomic mass is 19.1. The molecule has 4 N–H and O–H groups in total. The van der Waals surface area contributed by atoms with Crippen LogP contribution >= 0.6 is 0 Å². The van der Waals surface area contributed by atoms with Crippen LogP contribution in [0, 0.1) is 5.82 Å². The van der Waals surface area contributed by atoms with Gasteiger partial charge in [-0.15, -0.1) is 0 Å². The van der Waals surface area contributed by atoms with Crippen molar-refractivity contribution in [2.75, 3.05) is 6.54 Å². The summed E-state index contributed by atoms with van der Waals surface area (Å²) in [5.74, 6) is -0.464. The van der Waals surface area contributed by atoms with Crippen molar-refractivity contribution in [2.45, 2.75) is 24.7 Å². The van der Waals surface area contributed by atoms with Gasteiger partial charge < -0.3 is 21.0 Å². The Morgan fingerprint density at radius 2 is 2.17 bits per heavy atom. The van der Waals surface area contributed by atoms with Gasteiger partial charge in [0.2, 0.25) is 0 Å². The van der Waals surface area contributed by atoms with E-state index in [-0.39, 0.29) is 13.1 Å². The van der Waals surface area contributed by atoms with E-state index in [0.717, 1.165) is 10.9 Å². The molecule has 1 aliphatic heterocycles. The second-order valence-corrected chi connectivity index (χ2v) is 7.67. The number of urea groups is 1. The summed E-state index contributed by atoms with van der Waals surface area (Å²) in [6.07, 6.45) is 2.23. The molecule has 30 heavy (non-hydrogen) atoms. The van der Waals surface area contributed by atoms with Gasteiger partial charge in [0, 0.05) is 30.2 Å². The van der Waals surface area contributed by atoms with E-state index in [1.165, 1.54) is 19.1 Å². The van der Waals surface area contributed by atoms with Gasteiger partial charge in [-0.25, -0.2) is 9.18 Å². The lowest BCUT2D eigenvalue weighted by Gasteiger charge is -2.38. The van der Waals surface area contributed by atoms with Gasteiger partial charge in [0.05, 0.1) is 5.52 Å². The number of pyridine rings is 1. The Balaban J connectivity index is 1.78. The third kappa shape index (κ3) is 3.30. The number of fused-ring (bicyclic) bond motifs is 2. The first-order valence-corrected chi connectivity index (χ1v) is 9.41. The van der Waals surface area contributed by atoms with Crippen LogP contribution < -0.4 is 11.1 Å². The molecule has 7 nitrogen and oxygen atoms in total. The first-order chi connectivity index (χ1) is 14.2. The first-order valence-electron chi connectivity index (χ1n) is 9.41. The summed E-state index contributed by atoms with van der Waals surface area (Å²) in [6, 6.07) is 12.2. The van der Waals surface area contributed by atoms with Crippen molar-refractivity contribution < 1.29 is 19.1 Å². The topological polar surface area (TPSA) is 109 Å². The summed E-state index contributed by atoms with van der Waals surface area (Å²) in [7, 11) is 0. The van der Waals surface area contributed by atoms with Crippen LogP contribution in [0.15, 0.2) is 54.7 Å². The van der Waals surface area contributed by atoms with Gasteiger partial charge in [0.25, 0.3) is 0 Å². The Kier molecular flexibility index (Phi) is 4.76. The summed E-state index contributed by atoms with van der Waals surface area (Å²) < 4.78 is 13.8. The number of aliphatic hydroxyl groups is 1. The average molecular weight is 408 g/mol. The molecule has 0 radical (unpaired) electrons. The predicted molar refractivity (Wildman–Crippen MR) is 109 cm³/mol. The molecule has 8 heteroatoms. The number of aromatic nitrogens is 1. The minimum Gasteiger partial charge on any atom is -0.372 e. The van der Waals surface area contributed by atoms with Crippen molar-refractivity contribution in [3.63, 3.8) is 0 Å². The number of hydrogen-bond acceptors (Lipinski definition) is 5. The molecule has 2 amide bonds. The van der Waals surface area contributed by atoms with Gasteiger partial charge in [-0.3, -0.25) is 9.88 Å². The van der Waals surface area contributed by atoms with Gasteiger partial charge in [-0.1, -0.05) is 24.3 Å². The third-order valence-corrected chi connectivity index (χ3v) is 5.67. The van der Waals surface area contributed by atoms with Crippen molar-refractivity contribution in [3.8, 4) is 0 Å². The maximum atomic E-state index is 13.8. The number of nitrogens with one attached hydrogen (secondary N) is 1. The maximum Gasteiger partial charge on any atom is 0.313 e. The fraction of sp³-hybridized carbons (Fsp3) is 0.227. The van der Waals surface area contributed by atoms with E-state index in [0.29, 0.717) is 22.9 Å². The number of nitrogens with zero attached hydrogens (tertiary/aromatic N) is 2. The van der Waals surface area contributed by atoms with Crippen LogP contribution in [0.5, 0.6) is 0 Å². The highest BCUT2D eigenvalue weighted by molar-refractivity contribution is 5.84. The van der Waals surface area contributed by atoms with Crippen molar-refractivity contribution in [1.82, 2.24) is 15.2 Å². The Morgan fingerprint density at radius 1 is 1.37 bits per heavy atom. The molecule has 0 saturated carbocycles. The largest absolute Gasteiger partial charge is 0.372 e. The average Bonchev–Trinajstić information content (AvgIpc) is 2.96. The second-order valence-electron chi connectivity index (χ2n) is 7.67. The highest BCUT2D eigenvalue weighted by Gasteiger charge is 2.45. The van der Waals surface area contributed by atoms with Crippen LogP contribution in [0.1, 0.15) is 23.6 Å². The molecule has 154 valence electrons. The van der Waals surface area contributed by atoms with E-state index < -0.39 is 23.1 Å². The summed E-state index contributed by atoms with van der Waals surface area (Å²) in [5.41, 5.74) is 4.59. The van der Waals surface area contributed by atoms with Gasteiger partial charge in [0.1, 0.15) is 17.1 Å². The van der Waals surface area contributed by atoms with Crippen molar-refractivity contribution in [3.05, 3.63) is 77.2 Å². The number of hydrogen-bond donors (Lipinski definition) is 3. The third-order valence-electron chi connectivity index (χ3n) is 5.67. The molecule has 4 rings (SSSR count). The van der Waals surface area contributed by atoms with E-state index in [9.17, 15) is 19.1 Å². The summed E-state index contributed by atoms with van der Waals surface area (Å²) >= 11 is 0. The van der Waals surface area contributed by atoms with Crippen LogP contribution in [-0.4, -0.2) is 33.9 Å². The molecule has 2 heterocycles. The lowest BCUT2D eigenvalue weighted by Crippen LogP contribution is -2.57. The number of carbonyl (C=O) groups excluding carboxylic acids is 2. The summed E-state index contributed by atoms with van der Waals surface area (Å²) in [4.78, 5) is 30.1. The molecule has 0 spiro atoms. The van der Waals surface area contributed by atoms with Crippen LogP contribution in [0.3, 0.4) is 0 Å². The molecule has 3 aromatic rings. The molecule has 1 aliphatic rings. The fourth-order valence-corrected chi connectivity index (χ4v) is 4.07. The zero-order chi connectivity index (χ0) is 21.5. The molecule has 0 saturated heterocycles. The molecule has 1 aromatic heterocycles. The van der Waals surface area contributed by atoms with E-state index in [1.54, 1.807) is 41.4 Å². The van der Waals surface area contributed by atoms with E-state index >= 15 is 0 Å². The van der Waals surface area contributed by atoms with Crippen molar-refractivity contribution in [2.24, 2.45) is 5.73 Å². The maximum absolute atomic E-state index is 13.8. The molecular weight excluding hydrogens is 387 g/mol. The minimum atomic E-state index is -1.54. The zero-order valence-electron chi connectivity index (χ0n) is 16.3. The molecule has 0 aliphatic carbocycles. The molecular formula is C22H21FN4O3. The fourth-order valence-electron chi connectivity index (χ4n) is 4.07. The number of rotatable bonds is 5. The van der Waals surface area contributed by atoms with Gasteiger partial charge in [-0.05, 0) is 42.3 Å². The first kappa shape index (κ1) is 19.9. The molecule has 2 aromatic carbocycles. The quantitative estimate of drug-likeness (QED) is 0.561. The number of aldehydes is 1. The molecule has 0 fully saturated rings. The van der Waals surface area contributed by atoms with E-state index in [4.69, 9.17) is 5.73 Å². The number of halogens is 1. The minimum absolute atomic E-state index is 0.0823. The number of carbonyl (C=O) groups is 2. The standard InChI is InChI=1S/C22H21FN4O3/c1-21(30)18-10-17(23)7-5-15(18)11-27(21)12-22(13-28,26-20(24)29)16-6-4-14-3-2-8-25-19(14)9-16/h2-10,13,30H,11-12H2,1H3,(H3,24,26,29). The van der Waals surface area contributed by atoms with Crippen LogP contribution in [-0.2, 0) is 22.6 Å².